The molecule has 0 bridgehead atoms. The van der Waals surface area contributed by atoms with Gasteiger partial charge in [0.2, 0.25) is 0 Å². The number of nitrogens with zero attached hydrogens (tertiary/aromatic N) is 1. The van der Waals surface area contributed by atoms with Crippen LogP contribution < -0.4 is 0 Å². The third kappa shape index (κ3) is 4.38. The summed E-state index contributed by atoms with van der Waals surface area (Å²) in [5.41, 5.74) is 0. The Hall–Kier alpha value is -0.290. The fourth-order valence-corrected chi connectivity index (χ4v) is 2.12. The zero-order chi connectivity index (χ0) is 11.6. The van der Waals surface area contributed by atoms with Crippen LogP contribution in [0.5, 0.6) is 0 Å². The van der Waals surface area contributed by atoms with Crippen molar-refractivity contribution in [3.8, 4) is 0 Å². The molecule has 0 saturated carbocycles. The molecule has 0 amide bonds. The van der Waals surface area contributed by atoms with Gasteiger partial charge in [-0.2, -0.15) is 0 Å². The van der Waals surface area contributed by atoms with Crippen LogP contribution in [0.2, 0.25) is 0 Å². The third-order valence-electron chi connectivity index (χ3n) is 2.69. The van der Waals surface area contributed by atoms with Gasteiger partial charge in [-0.25, -0.2) is 0 Å². The molecule has 15 heavy (non-hydrogen) atoms. The van der Waals surface area contributed by atoms with Crippen molar-refractivity contribution in [2.45, 2.75) is 45.2 Å². The van der Waals surface area contributed by atoms with Crippen molar-refractivity contribution in [1.29, 1.82) is 0 Å². The summed E-state index contributed by atoms with van der Waals surface area (Å²) in [6, 6.07) is 0.220. The summed E-state index contributed by atoms with van der Waals surface area (Å²) in [6.07, 6.45) is -3.79. The highest BCUT2D eigenvalue weighted by atomic mass is 19.4. The molecule has 5 heteroatoms. The van der Waals surface area contributed by atoms with Gasteiger partial charge < -0.3 is 4.90 Å². The van der Waals surface area contributed by atoms with Crippen LogP contribution >= 0.6 is 0 Å². The van der Waals surface area contributed by atoms with E-state index in [1.54, 1.807) is 0 Å². The lowest BCUT2D eigenvalue weighted by Crippen LogP contribution is -2.27. The maximum atomic E-state index is 12.0. The second-order valence-electron chi connectivity index (χ2n) is 4.64. The Morgan fingerprint density at radius 1 is 1.40 bits per heavy atom. The SMILES string of the molecule is CC(C)CC1CC(OC(F)(F)F)CN1C. The molecular formula is C10H18F3NO. The summed E-state index contributed by atoms with van der Waals surface area (Å²) in [7, 11) is 1.85. The fraction of sp³-hybridized carbons (Fsp3) is 1.00. The second kappa shape index (κ2) is 4.70. The molecule has 2 unspecified atom stereocenters. The Kier molecular flexibility index (Phi) is 4.00. The van der Waals surface area contributed by atoms with Crippen molar-refractivity contribution < 1.29 is 17.9 Å². The van der Waals surface area contributed by atoms with Crippen molar-refractivity contribution in [3.05, 3.63) is 0 Å². The normalized spacial score (nSPS) is 29.0. The number of rotatable bonds is 3. The first-order valence-electron chi connectivity index (χ1n) is 5.22. The van der Waals surface area contributed by atoms with Crippen LogP contribution in [0.3, 0.4) is 0 Å². The summed E-state index contributed by atoms with van der Waals surface area (Å²) in [5, 5.41) is 0. The molecule has 1 aliphatic rings. The fourth-order valence-electron chi connectivity index (χ4n) is 2.12. The van der Waals surface area contributed by atoms with Crippen molar-refractivity contribution in [1.82, 2.24) is 4.90 Å². The van der Waals surface area contributed by atoms with E-state index >= 15 is 0 Å². The molecule has 1 heterocycles. The van der Waals surface area contributed by atoms with Gasteiger partial charge in [-0.3, -0.25) is 4.74 Å². The number of alkyl halides is 3. The molecule has 1 rings (SSSR count). The van der Waals surface area contributed by atoms with Gasteiger partial charge in [-0.05, 0) is 25.8 Å². The van der Waals surface area contributed by atoms with Gasteiger partial charge in [-0.1, -0.05) is 13.8 Å². The first kappa shape index (κ1) is 12.8. The minimum absolute atomic E-state index is 0.220. The van der Waals surface area contributed by atoms with Crippen LogP contribution in [0.4, 0.5) is 13.2 Å². The van der Waals surface area contributed by atoms with Gasteiger partial charge in [0, 0.05) is 12.6 Å². The van der Waals surface area contributed by atoms with Crippen molar-refractivity contribution in [2.75, 3.05) is 13.6 Å². The van der Waals surface area contributed by atoms with Crippen molar-refractivity contribution >= 4 is 0 Å². The van der Waals surface area contributed by atoms with E-state index in [9.17, 15) is 13.2 Å². The average molecular weight is 225 g/mol. The average Bonchev–Trinajstić information content (AvgIpc) is 2.26. The maximum Gasteiger partial charge on any atom is 0.522 e. The van der Waals surface area contributed by atoms with Gasteiger partial charge in [0.25, 0.3) is 0 Å². The summed E-state index contributed by atoms with van der Waals surface area (Å²) >= 11 is 0. The van der Waals surface area contributed by atoms with Gasteiger partial charge in [-0.15, -0.1) is 13.2 Å². The van der Waals surface area contributed by atoms with Crippen LogP contribution in [0.1, 0.15) is 26.7 Å². The lowest BCUT2D eigenvalue weighted by atomic mass is 10.0. The Bertz CT molecular complexity index is 205. The Labute approximate surface area is 88.4 Å². The van der Waals surface area contributed by atoms with E-state index < -0.39 is 12.5 Å². The predicted molar refractivity (Wildman–Crippen MR) is 51.4 cm³/mol. The molecule has 0 N–H and O–H groups in total. The lowest BCUT2D eigenvalue weighted by Gasteiger charge is -2.20. The van der Waals surface area contributed by atoms with Crippen molar-refractivity contribution in [3.63, 3.8) is 0 Å². The highest BCUT2D eigenvalue weighted by Gasteiger charge is 2.39. The molecule has 0 aromatic rings. The molecule has 0 spiro atoms. The molecule has 0 aromatic heterocycles. The number of ether oxygens (including phenoxy) is 1. The van der Waals surface area contributed by atoms with E-state index in [4.69, 9.17) is 0 Å². The third-order valence-corrected chi connectivity index (χ3v) is 2.69. The monoisotopic (exact) mass is 225 g/mol. The summed E-state index contributed by atoms with van der Waals surface area (Å²) in [4.78, 5) is 1.95. The molecular weight excluding hydrogens is 207 g/mol. The van der Waals surface area contributed by atoms with E-state index in [1.165, 1.54) is 0 Å². The highest BCUT2D eigenvalue weighted by molar-refractivity contribution is 4.84. The minimum atomic E-state index is -4.50. The summed E-state index contributed by atoms with van der Waals surface area (Å²) < 4.78 is 40.0. The Morgan fingerprint density at radius 2 is 2.00 bits per heavy atom. The van der Waals surface area contributed by atoms with E-state index in [0.717, 1.165) is 6.42 Å². The summed E-state index contributed by atoms with van der Waals surface area (Å²) in [6.45, 7) is 4.52. The number of likely N-dealkylation sites (tertiary alicyclic amines) is 1. The van der Waals surface area contributed by atoms with Crippen molar-refractivity contribution in [2.24, 2.45) is 5.92 Å². The second-order valence-corrected chi connectivity index (χ2v) is 4.64. The number of likely N-dealkylation sites (N-methyl/N-ethyl adjacent to an activating group) is 1. The van der Waals surface area contributed by atoms with Crippen LogP contribution in [0.25, 0.3) is 0 Å². The highest BCUT2D eigenvalue weighted by Crippen LogP contribution is 2.28. The molecule has 0 radical (unpaired) electrons. The molecule has 0 aromatic carbocycles. The first-order chi connectivity index (χ1) is 6.78. The van der Waals surface area contributed by atoms with Gasteiger partial charge in [0.1, 0.15) is 0 Å². The maximum absolute atomic E-state index is 12.0. The van der Waals surface area contributed by atoms with Crippen LogP contribution in [0.15, 0.2) is 0 Å². The van der Waals surface area contributed by atoms with Crippen LogP contribution in [-0.2, 0) is 4.74 Å². The van der Waals surface area contributed by atoms with Crippen LogP contribution in [0, 0.1) is 5.92 Å². The van der Waals surface area contributed by atoms with Gasteiger partial charge in [0.05, 0.1) is 6.10 Å². The topological polar surface area (TPSA) is 12.5 Å². The zero-order valence-corrected chi connectivity index (χ0v) is 9.34. The minimum Gasteiger partial charge on any atom is -0.301 e. The number of hydrogen-bond acceptors (Lipinski definition) is 2. The Morgan fingerprint density at radius 3 is 2.47 bits per heavy atom. The van der Waals surface area contributed by atoms with Gasteiger partial charge >= 0.3 is 6.36 Å². The van der Waals surface area contributed by atoms with E-state index in [-0.39, 0.29) is 6.04 Å². The van der Waals surface area contributed by atoms with E-state index in [0.29, 0.717) is 18.9 Å². The van der Waals surface area contributed by atoms with Crippen LogP contribution in [-0.4, -0.2) is 37.0 Å². The molecule has 0 aliphatic carbocycles. The lowest BCUT2D eigenvalue weighted by molar-refractivity contribution is -0.340. The number of hydrogen-bond donors (Lipinski definition) is 0. The quantitative estimate of drug-likeness (QED) is 0.732. The van der Waals surface area contributed by atoms with E-state index in [1.807, 2.05) is 11.9 Å². The standard InChI is InChI=1S/C10H18F3NO/c1-7(2)4-8-5-9(6-14(8)3)15-10(11,12)13/h7-9H,4-6H2,1-3H3. The molecule has 90 valence electrons. The molecule has 1 aliphatic heterocycles. The predicted octanol–water partition coefficient (Wildman–Crippen LogP) is 2.64. The largest absolute Gasteiger partial charge is 0.522 e. The van der Waals surface area contributed by atoms with E-state index in [2.05, 4.69) is 18.6 Å². The smallest absolute Gasteiger partial charge is 0.301 e. The zero-order valence-electron chi connectivity index (χ0n) is 9.34. The molecule has 2 atom stereocenters. The molecule has 1 saturated heterocycles. The summed E-state index contributed by atoms with van der Waals surface area (Å²) in [5.74, 6) is 0.502. The number of halogens is 3. The van der Waals surface area contributed by atoms with Gasteiger partial charge in [0.15, 0.2) is 0 Å². The molecule has 1 fully saturated rings. The molecule has 2 nitrogen and oxygen atoms in total. The Balaban J connectivity index is 2.41. The first-order valence-corrected chi connectivity index (χ1v) is 5.22.